The molecule has 1 unspecified atom stereocenters. The van der Waals surface area contributed by atoms with Crippen LogP contribution in [0.4, 0.5) is 23.2 Å². The van der Waals surface area contributed by atoms with E-state index in [4.69, 9.17) is 21.1 Å². The number of sulfonamides is 1. The largest absolute Gasteiger partial charge is 0.486 e. The van der Waals surface area contributed by atoms with Crippen molar-refractivity contribution in [2.45, 2.75) is 56.4 Å². The summed E-state index contributed by atoms with van der Waals surface area (Å²) in [5, 5.41) is 19.6. The molecule has 0 spiro atoms. The fraction of sp³-hybridized carbons (Fsp3) is 0.367. The van der Waals surface area contributed by atoms with Crippen LogP contribution in [-0.4, -0.2) is 55.1 Å². The Labute approximate surface area is 257 Å². The third kappa shape index (κ3) is 7.63. The van der Waals surface area contributed by atoms with Gasteiger partial charge in [0.15, 0.2) is 4.90 Å². The van der Waals surface area contributed by atoms with Gasteiger partial charge in [0, 0.05) is 11.8 Å². The summed E-state index contributed by atoms with van der Waals surface area (Å²) in [5.74, 6) is -1.05. The number of nitrogens with zero attached hydrogens (tertiary/aromatic N) is 2. The minimum atomic E-state index is -4.91. The van der Waals surface area contributed by atoms with Gasteiger partial charge in [-0.15, -0.1) is 0 Å². The number of hydrogen-bond acceptors (Lipinski definition) is 7. The zero-order chi connectivity index (χ0) is 32.4. The average Bonchev–Trinajstić information content (AvgIpc) is 2.93. The van der Waals surface area contributed by atoms with Crippen LogP contribution in [0.5, 0.6) is 11.6 Å². The highest BCUT2D eigenvalue weighted by molar-refractivity contribution is 7.93. The number of rotatable bonds is 10. The van der Waals surface area contributed by atoms with Gasteiger partial charge in [0.1, 0.15) is 24.3 Å². The van der Waals surface area contributed by atoms with E-state index in [1.54, 1.807) is 32.9 Å². The molecule has 2 N–H and O–H groups in total. The van der Waals surface area contributed by atoms with E-state index in [0.717, 1.165) is 4.31 Å². The van der Waals surface area contributed by atoms with Crippen molar-refractivity contribution in [3.8, 4) is 11.6 Å². The van der Waals surface area contributed by atoms with E-state index in [1.807, 2.05) is 0 Å². The second-order valence-corrected chi connectivity index (χ2v) is 13.1. The minimum Gasteiger partial charge on any atom is -0.486 e. The molecule has 0 radical (unpaired) electrons. The molecule has 2 heterocycles. The van der Waals surface area contributed by atoms with Crippen molar-refractivity contribution in [3.63, 3.8) is 0 Å². The molecule has 8 nitrogen and oxygen atoms in total. The summed E-state index contributed by atoms with van der Waals surface area (Å²) in [6.45, 7) is 3.53. The Hall–Kier alpha value is -3.39. The van der Waals surface area contributed by atoms with Crippen LogP contribution in [-0.2, 0) is 16.2 Å². The lowest BCUT2D eigenvalue weighted by molar-refractivity contribution is -0.138. The van der Waals surface area contributed by atoms with Crippen LogP contribution in [0.15, 0.2) is 53.6 Å². The van der Waals surface area contributed by atoms with Crippen LogP contribution in [0.25, 0.3) is 11.6 Å². The highest BCUT2D eigenvalue weighted by Crippen LogP contribution is 2.42. The fourth-order valence-corrected chi connectivity index (χ4v) is 6.57. The number of pyridine rings is 1. The van der Waals surface area contributed by atoms with Gasteiger partial charge in [0.2, 0.25) is 5.88 Å². The molecule has 1 atom stereocenters. The minimum absolute atomic E-state index is 0.0104. The predicted octanol–water partition coefficient (Wildman–Crippen LogP) is 6.33. The number of aliphatic hydroxyl groups is 2. The Morgan fingerprint density at radius 2 is 1.95 bits per heavy atom. The van der Waals surface area contributed by atoms with Crippen molar-refractivity contribution in [2.75, 3.05) is 24.1 Å². The maximum absolute atomic E-state index is 14.6. The monoisotopic (exact) mass is 658 g/mol. The Balaban J connectivity index is 1.86. The summed E-state index contributed by atoms with van der Waals surface area (Å²) in [4.78, 5) is 2.76. The molecule has 0 saturated carbocycles. The molecule has 0 fully saturated rings. The highest BCUT2D eigenvalue weighted by Gasteiger charge is 2.40. The van der Waals surface area contributed by atoms with Crippen molar-refractivity contribution < 1.29 is 45.7 Å². The summed E-state index contributed by atoms with van der Waals surface area (Å²) in [6.07, 6.45) is -3.20. The van der Waals surface area contributed by atoms with Gasteiger partial charge in [0.05, 0.1) is 35.0 Å². The lowest BCUT2D eigenvalue weighted by Crippen LogP contribution is -2.44. The van der Waals surface area contributed by atoms with Crippen LogP contribution >= 0.6 is 11.6 Å². The van der Waals surface area contributed by atoms with Crippen molar-refractivity contribution >= 4 is 39.0 Å². The number of ether oxygens (including phenoxy) is 2. The van der Waals surface area contributed by atoms with E-state index in [0.29, 0.717) is 23.4 Å². The third-order valence-corrected chi connectivity index (χ3v) is 8.87. The van der Waals surface area contributed by atoms with Crippen LogP contribution in [0.1, 0.15) is 50.3 Å². The predicted molar refractivity (Wildman–Crippen MR) is 158 cm³/mol. The van der Waals surface area contributed by atoms with Crippen molar-refractivity contribution in [1.29, 1.82) is 0 Å². The van der Waals surface area contributed by atoms with E-state index in [-0.39, 0.29) is 41.4 Å². The van der Waals surface area contributed by atoms with E-state index in [2.05, 4.69) is 4.98 Å². The second kappa shape index (κ2) is 12.9. The van der Waals surface area contributed by atoms with Gasteiger partial charge < -0.3 is 19.7 Å². The number of allylic oxidation sites excluding steroid dienone is 1. The first-order valence-corrected chi connectivity index (χ1v) is 15.3. The van der Waals surface area contributed by atoms with Crippen molar-refractivity contribution in [3.05, 3.63) is 76.2 Å². The van der Waals surface area contributed by atoms with Gasteiger partial charge in [-0.2, -0.15) is 13.2 Å². The Bertz CT molecular complexity index is 1640. The number of fused-ring (bicyclic) bond motifs is 1. The SMILES string of the molecule is CC(=Cc1ccc2c(c1)N(S(=O)(=O)c1cc(C(F)(F)F)cnc1OCCO)CC(CCC(C)(C)O)O2)c1c(F)cccc1Cl. The number of aliphatic hydroxyl groups excluding tert-OH is 1. The molecule has 1 aromatic heterocycles. The molecule has 4 rings (SSSR count). The number of alkyl halides is 3. The van der Waals surface area contributed by atoms with Gasteiger partial charge in [-0.1, -0.05) is 29.8 Å². The smallest absolute Gasteiger partial charge is 0.417 e. The molecule has 0 bridgehead atoms. The van der Waals surface area contributed by atoms with Gasteiger partial charge in [-0.3, -0.25) is 4.31 Å². The number of benzene rings is 2. The number of aromatic nitrogens is 1. The molecule has 1 aliphatic heterocycles. The zero-order valence-electron chi connectivity index (χ0n) is 24.0. The lowest BCUT2D eigenvalue weighted by Gasteiger charge is -2.36. The van der Waals surface area contributed by atoms with E-state index in [9.17, 15) is 36.2 Å². The van der Waals surface area contributed by atoms with Crippen molar-refractivity contribution in [2.24, 2.45) is 0 Å². The normalized spacial score (nSPS) is 16.0. The van der Waals surface area contributed by atoms with Gasteiger partial charge in [-0.05, 0) is 75.1 Å². The Morgan fingerprint density at radius 1 is 1.23 bits per heavy atom. The van der Waals surface area contributed by atoms with Gasteiger partial charge in [0.25, 0.3) is 10.0 Å². The molecule has 0 amide bonds. The lowest BCUT2D eigenvalue weighted by atomic mass is 9.99. The van der Waals surface area contributed by atoms with Crippen LogP contribution in [0.3, 0.4) is 0 Å². The molecule has 238 valence electrons. The maximum atomic E-state index is 14.6. The zero-order valence-corrected chi connectivity index (χ0v) is 25.6. The third-order valence-electron chi connectivity index (χ3n) is 6.78. The summed E-state index contributed by atoms with van der Waals surface area (Å²) >= 11 is 6.21. The Kier molecular flexibility index (Phi) is 9.84. The summed E-state index contributed by atoms with van der Waals surface area (Å²) < 4.78 is 96.1. The number of hydrogen-bond donors (Lipinski definition) is 2. The molecular weight excluding hydrogens is 628 g/mol. The summed E-state index contributed by atoms with van der Waals surface area (Å²) in [7, 11) is -4.80. The fourth-order valence-electron chi connectivity index (χ4n) is 4.65. The molecule has 3 aromatic rings. The molecule has 1 aliphatic rings. The van der Waals surface area contributed by atoms with Crippen LogP contribution in [0, 0.1) is 5.82 Å². The van der Waals surface area contributed by atoms with Gasteiger partial charge >= 0.3 is 6.18 Å². The summed E-state index contributed by atoms with van der Waals surface area (Å²) in [6, 6.07) is 9.24. The first-order chi connectivity index (χ1) is 20.5. The topological polar surface area (TPSA) is 109 Å². The first kappa shape index (κ1) is 33.5. The molecular formula is C30H31ClF4N2O6S. The molecule has 0 aliphatic carbocycles. The number of halogens is 5. The Morgan fingerprint density at radius 3 is 2.59 bits per heavy atom. The highest BCUT2D eigenvalue weighted by atomic mass is 35.5. The molecule has 14 heteroatoms. The average molecular weight is 659 g/mol. The second-order valence-electron chi connectivity index (χ2n) is 10.9. The molecule has 0 saturated heterocycles. The quantitative estimate of drug-likeness (QED) is 0.194. The molecule has 44 heavy (non-hydrogen) atoms. The van der Waals surface area contributed by atoms with Crippen LogP contribution < -0.4 is 13.8 Å². The van der Waals surface area contributed by atoms with Crippen molar-refractivity contribution in [1.82, 2.24) is 4.98 Å². The summed E-state index contributed by atoms with van der Waals surface area (Å²) in [5.41, 5.74) is -1.38. The van der Waals surface area contributed by atoms with E-state index in [1.165, 1.54) is 30.3 Å². The van der Waals surface area contributed by atoms with E-state index >= 15 is 0 Å². The number of anilines is 1. The van der Waals surface area contributed by atoms with Crippen LogP contribution in [0.2, 0.25) is 5.02 Å². The van der Waals surface area contributed by atoms with E-state index < -0.39 is 63.3 Å². The first-order valence-electron chi connectivity index (χ1n) is 13.5. The standard InChI is InChI=1S/C30H31ClF4N2O6S/c1-18(27-22(31)5-4-6-23(27)32)13-19-7-8-25-24(14-19)37(17-21(43-25)9-10-29(2,3)39)44(40,41)26-15-20(30(33,34)35)16-36-28(26)42-12-11-38/h4-8,13-16,21,38-39H,9-12,17H2,1-3H3. The maximum Gasteiger partial charge on any atom is 0.417 e. The van der Waals surface area contributed by atoms with Gasteiger partial charge in [-0.25, -0.2) is 17.8 Å². The molecule has 2 aromatic carbocycles.